The van der Waals surface area contributed by atoms with Crippen LogP contribution in [0.15, 0.2) is 39.6 Å². The molecule has 0 unspecified atom stereocenters. The van der Waals surface area contributed by atoms with Gasteiger partial charge in [0.15, 0.2) is 10.3 Å². The highest BCUT2D eigenvalue weighted by molar-refractivity contribution is 7.99. The molecule has 0 radical (unpaired) electrons. The first kappa shape index (κ1) is 11.7. The molecule has 2 aromatic heterocycles. The SMILES string of the molecule is Cn1ncnc1Sc1nc2ccc(N)cc2c(=O)[nH]1. The van der Waals surface area contributed by atoms with Gasteiger partial charge in [-0.05, 0) is 30.0 Å². The lowest BCUT2D eigenvalue weighted by molar-refractivity contribution is 0.683. The van der Waals surface area contributed by atoms with E-state index < -0.39 is 0 Å². The van der Waals surface area contributed by atoms with Crippen LogP contribution in [-0.2, 0) is 7.05 Å². The molecule has 0 spiro atoms. The summed E-state index contributed by atoms with van der Waals surface area (Å²) in [5, 5.41) is 5.55. The van der Waals surface area contributed by atoms with E-state index in [0.717, 1.165) is 0 Å². The molecule has 3 N–H and O–H groups in total. The van der Waals surface area contributed by atoms with Crippen molar-refractivity contribution in [3.05, 3.63) is 34.9 Å². The number of hydrogen-bond acceptors (Lipinski definition) is 6. The Morgan fingerprint density at radius 3 is 3.00 bits per heavy atom. The predicted octanol–water partition coefficient (Wildman–Crippen LogP) is 0.785. The average Bonchev–Trinajstić information content (AvgIpc) is 2.76. The summed E-state index contributed by atoms with van der Waals surface area (Å²) in [5.41, 5.74) is 6.57. The summed E-state index contributed by atoms with van der Waals surface area (Å²) in [7, 11) is 1.77. The number of aromatic nitrogens is 5. The van der Waals surface area contributed by atoms with Crippen molar-refractivity contribution in [2.75, 3.05) is 5.73 Å². The van der Waals surface area contributed by atoms with Gasteiger partial charge in [-0.25, -0.2) is 14.6 Å². The molecule has 7 nitrogen and oxygen atoms in total. The van der Waals surface area contributed by atoms with Gasteiger partial charge >= 0.3 is 0 Å². The number of rotatable bonds is 2. The number of benzene rings is 1. The van der Waals surface area contributed by atoms with Gasteiger partial charge in [0.05, 0.1) is 10.9 Å². The summed E-state index contributed by atoms with van der Waals surface area (Å²) in [6, 6.07) is 5.05. The fourth-order valence-electron chi connectivity index (χ4n) is 1.65. The number of nitrogens with zero attached hydrogens (tertiary/aromatic N) is 4. The van der Waals surface area contributed by atoms with Crippen LogP contribution in [0.3, 0.4) is 0 Å². The lowest BCUT2D eigenvalue weighted by Crippen LogP contribution is -2.09. The van der Waals surface area contributed by atoms with Gasteiger partial charge in [0.2, 0.25) is 0 Å². The highest BCUT2D eigenvalue weighted by Crippen LogP contribution is 2.22. The summed E-state index contributed by atoms with van der Waals surface area (Å²) in [4.78, 5) is 23.1. The van der Waals surface area contributed by atoms with E-state index in [9.17, 15) is 4.79 Å². The van der Waals surface area contributed by atoms with E-state index in [4.69, 9.17) is 5.73 Å². The Morgan fingerprint density at radius 1 is 1.42 bits per heavy atom. The van der Waals surface area contributed by atoms with E-state index in [2.05, 4.69) is 20.1 Å². The van der Waals surface area contributed by atoms with Crippen LogP contribution in [0.25, 0.3) is 10.9 Å². The zero-order chi connectivity index (χ0) is 13.4. The fourth-order valence-corrected chi connectivity index (χ4v) is 2.39. The molecule has 0 amide bonds. The van der Waals surface area contributed by atoms with Gasteiger partial charge in [-0.3, -0.25) is 4.79 Å². The van der Waals surface area contributed by atoms with Gasteiger partial charge in [-0.15, -0.1) is 0 Å². The van der Waals surface area contributed by atoms with Crippen LogP contribution in [0.4, 0.5) is 5.69 Å². The minimum absolute atomic E-state index is 0.220. The topological polar surface area (TPSA) is 102 Å². The van der Waals surface area contributed by atoms with Crippen molar-refractivity contribution >= 4 is 28.4 Å². The summed E-state index contributed by atoms with van der Waals surface area (Å²) >= 11 is 1.25. The number of fused-ring (bicyclic) bond motifs is 1. The molecule has 0 aliphatic carbocycles. The molecule has 2 heterocycles. The highest BCUT2D eigenvalue weighted by Gasteiger charge is 2.08. The number of nitrogens with two attached hydrogens (primary N) is 1. The summed E-state index contributed by atoms with van der Waals surface area (Å²) in [6.07, 6.45) is 1.45. The molecular weight excluding hydrogens is 264 g/mol. The molecule has 0 saturated carbocycles. The molecule has 0 bridgehead atoms. The van der Waals surface area contributed by atoms with E-state index in [-0.39, 0.29) is 5.56 Å². The van der Waals surface area contributed by atoms with Gasteiger partial charge in [-0.1, -0.05) is 0 Å². The van der Waals surface area contributed by atoms with Gasteiger partial charge < -0.3 is 10.7 Å². The van der Waals surface area contributed by atoms with Crippen LogP contribution in [0.1, 0.15) is 0 Å². The number of nitrogens with one attached hydrogen (secondary N) is 1. The van der Waals surface area contributed by atoms with Gasteiger partial charge in [0, 0.05) is 12.7 Å². The molecule has 0 aliphatic rings. The number of H-pyrrole nitrogens is 1. The largest absolute Gasteiger partial charge is 0.399 e. The van der Waals surface area contributed by atoms with Crippen molar-refractivity contribution < 1.29 is 0 Å². The van der Waals surface area contributed by atoms with Crippen molar-refractivity contribution in [1.29, 1.82) is 0 Å². The molecule has 3 aromatic rings. The van der Waals surface area contributed by atoms with E-state index >= 15 is 0 Å². The van der Waals surface area contributed by atoms with Crippen LogP contribution in [0, 0.1) is 0 Å². The maximum Gasteiger partial charge on any atom is 0.259 e. The van der Waals surface area contributed by atoms with Crippen LogP contribution >= 0.6 is 11.8 Å². The van der Waals surface area contributed by atoms with E-state index in [0.29, 0.717) is 26.9 Å². The monoisotopic (exact) mass is 274 g/mol. The number of aryl methyl sites for hydroxylation is 1. The highest BCUT2D eigenvalue weighted by atomic mass is 32.2. The molecule has 0 atom stereocenters. The van der Waals surface area contributed by atoms with Crippen molar-refractivity contribution in [2.24, 2.45) is 7.05 Å². The first-order valence-electron chi connectivity index (χ1n) is 5.45. The second-order valence-corrected chi connectivity index (χ2v) is 4.87. The van der Waals surface area contributed by atoms with Crippen LogP contribution in [0.5, 0.6) is 0 Å². The summed E-state index contributed by atoms with van der Waals surface area (Å²) in [5.74, 6) is 0. The average molecular weight is 274 g/mol. The lowest BCUT2D eigenvalue weighted by Gasteiger charge is -2.02. The second-order valence-electron chi connectivity index (χ2n) is 3.92. The molecule has 1 aromatic carbocycles. The van der Waals surface area contributed by atoms with Crippen LogP contribution in [-0.4, -0.2) is 24.7 Å². The maximum atomic E-state index is 12.0. The number of hydrogen-bond donors (Lipinski definition) is 2. The Hall–Kier alpha value is -2.35. The number of anilines is 1. The van der Waals surface area contributed by atoms with Gasteiger partial charge in [0.1, 0.15) is 6.33 Å². The molecule has 0 aliphatic heterocycles. The van der Waals surface area contributed by atoms with Crippen LogP contribution < -0.4 is 11.3 Å². The van der Waals surface area contributed by atoms with Crippen LogP contribution in [0.2, 0.25) is 0 Å². The number of nitrogen functional groups attached to an aromatic ring is 1. The smallest absolute Gasteiger partial charge is 0.259 e. The third kappa shape index (κ3) is 2.17. The Labute approximate surface area is 111 Å². The quantitative estimate of drug-likeness (QED) is 0.529. The molecule has 96 valence electrons. The molecule has 3 rings (SSSR count). The minimum Gasteiger partial charge on any atom is -0.399 e. The lowest BCUT2D eigenvalue weighted by atomic mass is 10.2. The van der Waals surface area contributed by atoms with Crippen molar-refractivity contribution in [3.63, 3.8) is 0 Å². The van der Waals surface area contributed by atoms with Crippen molar-refractivity contribution in [3.8, 4) is 0 Å². The third-order valence-electron chi connectivity index (χ3n) is 2.57. The molecule has 0 saturated heterocycles. The van der Waals surface area contributed by atoms with Crippen molar-refractivity contribution in [2.45, 2.75) is 10.3 Å². The maximum absolute atomic E-state index is 12.0. The third-order valence-corrected chi connectivity index (χ3v) is 3.50. The first-order chi connectivity index (χ1) is 9.13. The molecule has 19 heavy (non-hydrogen) atoms. The van der Waals surface area contributed by atoms with E-state index in [1.54, 1.807) is 29.9 Å². The first-order valence-corrected chi connectivity index (χ1v) is 6.26. The minimum atomic E-state index is -0.220. The summed E-state index contributed by atoms with van der Waals surface area (Å²) in [6.45, 7) is 0. The molecule has 8 heteroatoms. The Kier molecular flexibility index (Phi) is 2.71. The van der Waals surface area contributed by atoms with E-state index in [1.165, 1.54) is 18.1 Å². The second kappa shape index (κ2) is 4.39. The fraction of sp³-hybridized carbons (Fsp3) is 0.0909. The zero-order valence-corrected chi connectivity index (χ0v) is 10.8. The van der Waals surface area contributed by atoms with Gasteiger partial charge in [-0.2, -0.15) is 5.10 Å². The Balaban J connectivity index is 2.09. The Bertz CT molecular complexity index is 808. The normalized spacial score (nSPS) is 11.0. The number of aromatic amines is 1. The summed E-state index contributed by atoms with van der Waals surface area (Å²) < 4.78 is 1.61. The standard InChI is InChI=1S/C11H10N6OS/c1-17-11(13-5-14-17)19-10-15-8-3-2-6(12)4-7(8)9(18)16-10/h2-5H,12H2,1H3,(H,15,16,18). The van der Waals surface area contributed by atoms with Gasteiger partial charge in [0.25, 0.3) is 5.56 Å². The van der Waals surface area contributed by atoms with Crippen molar-refractivity contribution in [1.82, 2.24) is 24.7 Å². The molecule has 0 fully saturated rings. The predicted molar refractivity (Wildman–Crippen MR) is 71.9 cm³/mol. The molecular formula is C11H10N6OS. The van der Waals surface area contributed by atoms with E-state index in [1.807, 2.05) is 0 Å². The zero-order valence-electron chi connectivity index (χ0n) is 9.99. The Morgan fingerprint density at radius 2 is 2.26 bits per heavy atom.